The fourth-order valence-electron chi connectivity index (χ4n) is 1.46. The molecule has 0 radical (unpaired) electrons. The van der Waals surface area contributed by atoms with Crippen molar-refractivity contribution in [2.45, 2.75) is 12.5 Å². The second-order valence-corrected chi connectivity index (χ2v) is 5.10. The standard InChI is InChI=1S/C12H11BrOS/c13-11-3-1-2-10(7-11)12(14)6-9-4-5-15-8-9/h1-5,7-8,12,14H,6H2. The number of halogens is 1. The monoisotopic (exact) mass is 282 g/mol. The van der Waals surface area contributed by atoms with Gasteiger partial charge in [-0.1, -0.05) is 28.1 Å². The maximum atomic E-state index is 10.0. The molecule has 0 aliphatic heterocycles. The van der Waals surface area contributed by atoms with Crippen LogP contribution in [0.5, 0.6) is 0 Å². The lowest BCUT2D eigenvalue weighted by Crippen LogP contribution is -2.00. The molecule has 15 heavy (non-hydrogen) atoms. The molecule has 1 nitrogen and oxygen atoms in total. The predicted molar refractivity (Wildman–Crippen MR) is 67.1 cm³/mol. The van der Waals surface area contributed by atoms with Crippen LogP contribution in [-0.4, -0.2) is 5.11 Å². The SMILES string of the molecule is OC(Cc1ccsc1)c1cccc(Br)c1. The second-order valence-electron chi connectivity index (χ2n) is 3.41. The number of aliphatic hydroxyl groups is 1. The van der Waals surface area contributed by atoms with Crippen LogP contribution < -0.4 is 0 Å². The number of aliphatic hydroxyl groups excluding tert-OH is 1. The van der Waals surface area contributed by atoms with Crippen LogP contribution in [0.15, 0.2) is 45.6 Å². The molecule has 78 valence electrons. The summed E-state index contributed by atoms with van der Waals surface area (Å²) in [6, 6.07) is 9.85. The van der Waals surface area contributed by atoms with E-state index in [2.05, 4.69) is 21.3 Å². The Labute approximate surface area is 102 Å². The summed E-state index contributed by atoms with van der Waals surface area (Å²) in [6.45, 7) is 0. The number of thiophene rings is 1. The van der Waals surface area contributed by atoms with Gasteiger partial charge in [0, 0.05) is 10.9 Å². The summed E-state index contributed by atoms with van der Waals surface area (Å²) in [7, 11) is 0. The molecule has 1 aromatic carbocycles. The molecule has 0 spiro atoms. The van der Waals surface area contributed by atoms with Crippen molar-refractivity contribution >= 4 is 27.3 Å². The molecule has 1 atom stereocenters. The molecule has 0 bridgehead atoms. The van der Waals surface area contributed by atoms with Crippen molar-refractivity contribution in [2.24, 2.45) is 0 Å². The van der Waals surface area contributed by atoms with Gasteiger partial charge in [0.1, 0.15) is 0 Å². The van der Waals surface area contributed by atoms with Gasteiger partial charge in [-0.3, -0.25) is 0 Å². The van der Waals surface area contributed by atoms with Crippen molar-refractivity contribution < 1.29 is 5.11 Å². The maximum Gasteiger partial charge on any atom is 0.0831 e. The largest absolute Gasteiger partial charge is 0.388 e. The van der Waals surface area contributed by atoms with Crippen molar-refractivity contribution in [1.29, 1.82) is 0 Å². The fourth-order valence-corrected chi connectivity index (χ4v) is 2.56. The van der Waals surface area contributed by atoms with E-state index in [-0.39, 0.29) is 0 Å². The lowest BCUT2D eigenvalue weighted by molar-refractivity contribution is 0.178. The van der Waals surface area contributed by atoms with Gasteiger partial charge in [-0.15, -0.1) is 0 Å². The van der Waals surface area contributed by atoms with E-state index in [1.54, 1.807) is 11.3 Å². The van der Waals surface area contributed by atoms with E-state index in [0.717, 1.165) is 10.0 Å². The summed E-state index contributed by atoms with van der Waals surface area (Å²) >= 11 is 5.06. The zero-order valence-electron chi connectivity index (χ0n) is 8.06. The van der Waals surface area contributed by atoms with Gasteiger partial charge in [0.2, 0.25) is 0 Å². The molecular formula is C12H11BrOS. The van der Waals surface area contributed by atoms with Gasteiger partial charge in [-0.05, 0) is 40.1 Å². The van der Waals surface area contributed by atoms with E-state index in [1.165, 1.54) is 5.56 Å². The van der Waals surface area contributed by atoms with Gasteiger partial charge in [0.05, 0.1) is 6.10 Å². The third-order valence-electron chi connectivity index (χ3n) is 2.24. The number of hydrogen-bond acceptors (Lipinski definition) is 2. The smallest absolute Gasteiger partial charge is 0.0831 e. The van der Waals surface area contributed by atoms with E-state index in [1.807, 2.05) is 35.7 Å². The molecule has 0 aliphatic carbocycles. The zero-order chi connectivity index (χ0) is 10.7. The minimum Gasteiger partial charge on any atom is -0.388 e. The average molecular weight is 283 g/mol. The van der Waals surface area contributed by atoms with Gasteiger partial charge >= 0.3 is 0 Å². The van der Waals surface area contributed by atoms with Crippen LogP contribution in [-0.2, 0) is 6.42 Å². The molecule has 2 rings (SSSR count). The molecule has 0 aliphatic rings. The number of hydrogen-bond donors (Lipinski definition) is 1. The third kappa shape index (κ3) is 2.91. The molecule has 1 unspecified atom stereocenters. The first-order valence-corrected chi connectivity index (χ1v) is 6.44. The predicted octanol–water partition coefficient (Wildman–Crippen LogP) is 3.79. The van der Waals surface area contributed by atoms with Gasteiger partial charge in [-0.2, -0.15) is 11.3 Å². The molecule has 0 saturated heterocycles. The van der Waals surface area contributed by atoms with Crippen molar-refractivity contribution in [2.75, 3.05) is 0 Å². The van der Waals surface area contributed by atoms with E-state index in [0.29, 0.717) is 6.42 Å². The summed E-state index contributed by atoms with van der Waals surface area (Å²) < 4.78 is 1.00. The van der Waals surface area contributed by atoms with Crippen LogP contribution in [0.25, 0.3) is 0 Å². The fraction of sp³-hybridized carbons (Fsp3) is 0.167. The third-order valence-corrected chi connectivity index (χ3v) is 3.47. The van der Waals surface area contributed by atoms with E-state index in [4.69, 9.17) is 0 Å². The molecule has 0 fully saturated rings. The average Bonchev–Trinajstić information content (AvgIpc) is 2.70. The van der Waals surface area contributed by atoms with Gasteiger partial charge < -0.3 is 5.11 Å². The lowest BCUT2D eigenvalue weighted by atomic mass is 10.0. The highest BCUT2D eigenvalue weighted by Crippen LogP contribution is 2.22. The van der Waals surface area contributed by atoms with Gasteiger partial charge in [0.15, 0.2) is 0 Å². The number of benzene rings is 1. The van der Waals surface area contributed by atoms with Crippen molar-refractivity contribution in [3.05, 3.63) is 56.7 Å². The van der Waals surface area contributed by atoms with Crippen LogP contribution in [0, 0.1) is 0 Å². The van der Waals surface area contributed by atoms with E-state index < -0.39 is 6.10 Å². The highest BCUT2D eigenvalue weighted by Gasteiger charge is 2.08. The molecule has 1 aromatic heterocycles. The minimum absolute atomic E-state index is 0.419. The quantitative estimate of drug-likeness (QED) is 0.908. The van der Waals surface area contributed by atoms with Crippen LogP contribution in [0.4, 0.5) is 0 Å². The summed E-state index contributed by atoms with van der Waals surface area (Å²) in [5.41, 5.74) is 2.14. The first-order chi connectivity index (χ1) is 7.25. The maximum absolute atomic E-state index is 10.0. The normalized spacial score (nSPS) is 12.7. The summed E-state index contributed by atoms with van der Waals surface area (Å²) in [5, 5.41) is 14.1. The van der Waals surface area contributed by atoms with Crippen molar-refractivity contribution in [3.63, 3.8) is 0 Å². The molecule has 2 aromatic rings. The van der Waals surface area contributed by atoms with Crippen LogP contribution >= 0.6 is 27.3 Å². The molecule has 1 heterocycles. The molecule has 1 N–H and O–H groups in total. The lowest BCUT2D eigenvalue weighted by Gasteiger charge is -2.10. The second kappa shape index (κ2) is 4.92. The first-order valence-electron chi connectivity index (χ1n) is 4.70. The Morgan fingerprint density at radius 2 is 2.20 bits per heavy atom. The van der Waals surface area contributed by atoms with Crippen molar-refractivity contribution in [3.8, 4) is 0 Å². The summed E-state index contributed by atoms with van der Waals surface area (Å²) in [5.74, 6) is 0. The Balaban J connectivity index is 2.11. The first kappa shape index (κ1) is 10.9. The Bertz CT molecular complexity index is 425. The molecular weight excluding hydrogens is 272 g/mol. The molecule has 0 amide bonds. The molecule has 3 heteroatoms. The van der Waals surface area contributed by atoms with Crippen LogP contribution in [0.3, 0.4) is 0 Å². The van der Waals surface area contributed by atoms with Gasteiger partial charge in [0.25, 0.3) is 0 Å². The summed E-state index contributed by atoms with van der Waals surface area (Å²) in [6.07, 6.45) is 0.261. The van der Waals surface area contributed by atoms with Crippen LogP contribution in [0.2, 0.25) is 0 Å². The minimum atomic E-state index is -0.419. The van der Waals surface area contributed by atoms with Crippen molar-refractivity contribution in [1.82, 2.24) is 0 Å². The number of rotatable bonds is 3. The summed E-state index contributed by atoms with van der Waals surface area (Å²) in [4.78, 5) is 0. The van der Waals surface area contributed by atoms with Crippen LogP contribution in [0.1, 0.15) is 17.2 Å². The Morgan fingerprint density at radius 3 is 2.87 bits per heavy atom. The Kier molecular flexibility index (Phi) is 3.57. The van der Waals surface area contributed by atoms with E-state index in [9.17, 15) is 5.11 Å². The topological polar surface area (TPSA) is 20.2 Å². The molecule has 0 saturated carbocycles. The highest BCUT2D eigenvalue weighted by molar-refractivity contribution is 9.10. The van der Waals surface area contributed by atoms with Gasteiger partial charge in [-0.25, -0.2) is 0 Å². The van der Waals surface area contributed by atoms with E-state index >= 15 is 0 Å². The zero-order valence-corrected chi connectivity index (χ0v) is 10.5. The Morgan fingerprint density at radius 1 is 1.33 bits per heavy atom. The Hall–Kier alpha value is -0.640. The highest BCUT2D eigenvalue weighted by atomic mass is 79.9.